The second kappa shape index (κ2) is 14.0. The number of rotatable bonds is 9. The highest BCUT2D eigenvalue weighted by Crippen LogP contribution is 2.28. The number of amides is 1. The summed E-state index contributed by atoms with van der Waals surface area (Å²) in [5, 5.41) is 12.1. The first kappa shape index (κ1) is 31.9. The molecule has 1 aliphatic heterocycles. The van der Waals surface area contributed by atoms with Gasteiger partial charge in [0.15, 0.2) is 0 Å². The largest absolute Gasteiger partial charge is 0.459 e. The van der Waals surface area contributed by atoms with Crippen LogP contribution in [-0.2, 0) is 20.5 Å². The third kappa shape index (κ3) is 9.00. The molecule has 0 bridgehead atoms. The molecule has 0 saturated carbocycles. The number of nitrogens with one attached hydrogen (secondary N) is 1. The number of nitriles is 1. The highest BCUT2D eigenvalue weighted by molar-refractivity contribution is 7.97. The smallest absolute Gasteiger partial charge is 0.327 e. The molecule has 226 valence electrons. The van der Waals surface area contributed by atoms with Gasteiger partial charge in [0, 0.05) is 48.7 Å². The van der Waals surface area contributed by atoms with Crippen molar-refractivity contribution in [1.29, 1.82) is 5.26 Å². The van der Waals surface area contributed by atoms with Crippen molar-refractivity contribution in [1.82, 2.24) is 14.3 Å². The van der Waals surface area contributed by atoms with Gasteiger partial charge in [0.05, 0.1) is 11.3 Å². The van der Waals surface area contributed by atoms with E-state index in [4.69, 9.17) is 4.74 Å². The predicted molar refractivity (Wildman–Crippen MR) is 169 cm³/mol. The molecule has 2 aromatic carbocycles. The number of nitrogens with zero attached hydrogens (tertiary/aromatic N) is 6. The van der Waals surface area contributed by atoms with Gasteiger partial charge in [-0.2, -0.15) is 5.26 Å². The van der Waals surface area contributed by atoms with E-state index in [1.807, 2.05) is 31.2 Å². The lowest BCUT2D eigenvalue weighted by Gasteiger charge is -2.33. The predicted octanol–water partition coefficient (Wildman–Crippen LogP) is 4.18. The Morgan fingerprint density at radius 3 is 2.40 bits per heavy atom. The van der Waals surface area contributed by atoms with E-state index in [1.54, 1.807) is 63.1 Å². The van der Waals surface area contributed by atoms with Gasteiger partial charge in [-0.1, -0.05) is 12.1 Å². The summed E-state index contributed by atoms with van der Waals surface area (Å²) in [4.78, 5) is 37.7. The maximum Gasteiger partial charge on any atom is 0.327 e. The number of benzene rings is 2. The number of anilines is 3. The van der Waals surface area contributed by atoms with E-state index in [2.05, 4.69) is 30.6 Å². The Kier molecular flexibility index (Phi) is 10.4. The van der Waals surface area contributed by atoms with Gasteiger partial charge in [0.1, 0.15) is 34.9 Å². The number of esters is 1. The van der Waals surface area contributed by atoms with Crippen molar-refractivity contribution in [3.05, 3.63) is 71.5 Å². The molecule has 0 radical (unpaired) electrons. The van der Waals surface area contributed by atoms with E-state index in [9.17, 15) is 19.1 Å². The Hall–Kier alpha value is -3.99. The first-order valence-electron chi connectivity index (χ1n) is 13.7. The number of carbonyl (C=O) groups excluding carboxylic acids is 2. The fourth-order valence-corrected chi connectivity index (χ4v) is 5.99. The van der Waals surface area contributed by atoms with E-state index >= 15 is 0 Å². The average Bonchev–Trinajstić information content (AvgIpc) is 2.96. The van der Waals surface area contributed by atoms with Crippen molar-refractivity contribution in [2.45, 2.75) is 38.2 Å². The highest BCUT2D eigenvalue weighted by atomic mass is 32.2. The fourth-order valence-electron chi connectivity index (χ4n) is 4.37. The molecule has 1 N–H and O–H groups in total. The van der Waals surface area contributed by atoms with Crippen LogP contribution < -0.4 is 14.5 Å². The second-order valence-corrected chi connectivity index (χ2v) is 13.3. The zero-order valence-corrected chi connectivity index (χ0v) is 26.5. The lowest BCUT2D eigenvalue weighted by atomic mass is 10.1. The number of carbonyl (C=O) groups is 2. The molecular formula is C30H35N7O4S2. The summed E-state index contributed by atoms with van der Waals surface area (Å²) in [6.07, 6.45) is 1.45. The summed E-state index contributed by atoms with van der Waals surface area (Å²) >= 11 is 1.63. The fraction of sp³-hybridized carbons (Fsp3) is 0.367. The molecule has 0 spiro atoms. The molecule has 11 nitrogen and oxygen atoms in total. The summed E-state index contributed by atoms with van der Waals surface area (Å²) in [7, 11) is -1.58. The molecule has 1 unspecified atom stereocenters. The quantitative estimate of drug-likeness (QED) is 0.274. The minimum atomic E-state index is -1.58. The minimum Gasteiger partial charge on any atom is -0.459 e. The molecule has 2 heterocycles. The maximum absolute atomic E-state index is 13.3. The van der Waals surface area contributed by atoms with Crippen LogP contribution in [0.5, 0.6) is 0 Å². The lowest BCUT2D eigenvalue weighted by Crippen LogP contribution is -2.44. The van der Waals surface area contributed by atoms with Gasteiger partial charge < -0.3 is 15.0 Å². The van der Waals surface area contributed by atoms with Crippen LogP contribution in [0, 0.1) is 18.3 Å². The molecule has 1 amide bonds. The number of aryl methyl sites for hydroxylation is 1. The molecule has 13 heteroatoms. The number of piperazine rings is 1. The molecular weight excluding hydrogens is 587 g/mol. The summed E-state index contributed by atoms with van der Waals surface area (Å²) < 4.78 is 21.6. The van der Waals surface area contributed by atoms with Crippen LogP contribution in [0.3, 0.4) is 0 Å². The van der Waals surface area contributed by atoms with Crippen LogP contribution in [0.25, 0.3) is 0 Å². The van der Waals surface area contributed by atoms with Gasteiger partial charge in [0.25, 0.3) is 5.91 Å². The Morgan fingerprint density at radius 1 is 1.09 bits per heavy atom. The van der Waals surface area contributed by atoms with E-state index < -0.39 is 22.6 Å². The normalized spacial score (nSPS) is 14.5. The molecule has 1 aliphatic rings. The number of hydrogen-bond acceptors (Lipinski definition) is 10. The zero-order chi connectivity index (χ0) is 31.1. The molecule has 1 atom stereocenters. The summed E-state index contributed by atoms with van der Waals surface area (Å²) in [5.41, 5.74) is 1.72. The van der Waals surface area contributed by atoms with Crippen LogP contribution in [0.4, 0.5) is 17.3 Å². The minimum absolute atomic E-state index is 0.260. The third-order valence-corrected chi connectivity index (χ3v) is 8.30. The number of para-hydroxylation sites is 1. The Morgan fingerprint density at radius 2 is 1.77 bits per heavy atom. The molecule has 0 aliphatic carbocycles. The summed E-state index contributed by atoms with van der Waals surface area (Å²) in [6, 6.07) is 18.1. The Labute approximate surface area is 259 Å². The van der Waals surface area contributed by atoms with Gasteiger partial charge >= 0.3 is 5.97 Å². The standard InChI is InChI=1S/C30H35N7O4S2/c1-21-18-23(19-31)34-29(32-21)35-14-16-36(17-15-35)42-24-12-10-22(11-13-24)33-28(39)25-8-6-7-9-26(25)37(43(5)40)20-27(38)41-30(2,3)4/h6-13,18H,14-17,20H2,1-5H3,(H,33,39). The van der Waals surface area contributed by atoms with E-state index in [0.717, 1.165) is 36.8 Å². The number of ether oxygens (including phenoxy) is 1. The summed E-state index contributed by atoms with van der Waals surface area (Å²) in [6.45, 7) is 9.94. The SMILES string of the molecule is Cc1cc(C#N)nc(N2CCN(Sc3ccc(NC(=O)c4ccccc4N(CC(=O)OC(C)(C)C)S(C)=O)cc3)CC2)n1. The molecule has 1 aromatic heterocycles. The van der Waals surface area contributed by atoms with Gasteiger partial charge in [-0.3, -0.25) is 13.9 Å². The highest BCUT2D eigenvalue weighted by Gasteiger charge is 2.25. The molecule has 43 heavy (non-hydrogen) atoms. The zero-order valence-electron chi connectivity index (χ0n) is 24.9. The van der Waals surface area contributed by atoms with Crippen LogP contribution in [0.2, 0.25) is 0 Å². The van der Waals surface area contributed by atoms with Crippen molar-refractivity contribution >= 4 is 52.1 Å². The molecule has 3 aromatic rings. The van der Waals surface area contributed by atoms with Gasteiger partial charge in [-0.15, -0.1) is 0 Å². The molecule has 4 rings (SSSR count). The van der Waals surface area contributed by atoms with E-state index in [0.29, 0.717) is 23.0 Å². The van der Waals surface area contributed by atoms with Crippen molar-refractivity contribution < 1.29 is 18.5 Å². The maximum atomic E-state index is 13.3. The van der Waals surface area contributed by atoms with Crippen molar-refractivity contribution in [2.75, 3.05) is 53.5 Å². The van der Waals surface area contributed by atoms with Crippen LogP contribution >= 0.6 is 11.9 Å². The molecule has 1 fully saturated rings. The van der Waals surface area contributed by atoms with Gasteiger partial charge in [0.2, 0.25) is 5.95 Å². The average molecular weight is 622 g/mol. The number of aromatic nitrogens is 2. The third-order valence-electron chi connectivity index (χ3n) is 6.25. The topological polar surface area (TPSA) is 132 Å². The van der Waals surface area contributed by atoms with Crippen molar-refractivity contribution in [3.8, 4) is 6.07 Å². The van der Waals surface area contributed by atoms with E-state index in [-0.39, 0.29) is 18.0 Å². The second-order valence-electron chi connectivity index (χ2n) is 10.9. The van der Waals surface area contributed by atoms with E-state index in [1.165, 1.54) is 10.6 Å². The Balaban J connectivity index is 1.36. The van der Waals surface area contributed by atoms with Crippen molar-refractivity contribution in [2.24, 2.45) is 0 Å². The molecule has 1 saturated heterocycles. The van der Waals surface area contributed by atoms with Gasteiger partial charge in [-0.25, -0.2) is 18.5 Å². The van der Waals surface area contributed by atoms with Crippen LogP contribution in [-0.4, -0.2) is 74.9 Å². The lowest BCUT2D eigenvalue weighted by molar-refractivity contribution is -0.152. The number of hydrogen-bond donors (Lipinski definition) is 1. The summed E-state index contributed by atoms with van der Waals surface area (Å²) in [5.74, 6) is -0.338. The Bertz CT molecular complexity index is 1530. The van der Waals surface area contributed by atoms with Crippen LogP contribution in [0.1, 0.15) is 42.5 Å². The first-order valence-corrected chi connectivity index (χ1v) is 16.0. The van der Waals surface area contributed by atoms with Crippen molar-refractivity contribution in [3.63, 3.8) is 0 Å². The first-order chi connectivity index (χ1) is 20.4. The van der Waals surface area contributed by atoms with Crippen LogP contribution in [0.15, 0.2) is 59.5 Å². The van der Waals surface area contributed by atoms with Gasteiger partial charge in [-0.05, 0) is 82.1 Å². The monoisotopic (exact) mass is 621 g/mol.